The number of hydrogen-bond acceptors (Lipinski definition) is 2. The van der Waals surface area contributed by atoms with Crippen LogP contribution in [-0.2, 0) is 4.74 Å². The molecular formula is C32H28NOP. The maximum absolute atomic E-state index is 6.21. The minimum absolute atomic E-state index is 0.208. The Labute approximate surface area is 208 Å². The lowest BCUT2D eigenvalue weighted by Gasteiger charge is -2.25. The largest absolute Gasteiger partial charge is 0.475 e. The van der Waals surface area contributed by atoms with Gasteiger partial charge in [-0.05, 0) is 57.4 Å². The minimum atomic E-state index is -0.873. The van der Waals surface area contributed by atoms with Crippen molar-refractivity contribution in [1.29, 1.82) is 0 Å². The van der Waals surface area contributed by atoms with Crippen molar-refractivity contribution in [3.05, 3.63) is 115 Å². The zero-order valence-electron chi connectivity index (χ0n) is 20.1. The third kappa shape index (κ3) is 4.03. The molecule has 0 N–H and O–H groups in total. The number of fused-ring (bicyclic) bond motifs is 2. The van der Waals surface area contributed by atoms with E-state index in [-0.39, 0.29) is 6.04 Å². The van der Waals surface area contributed by atoms with Gasteiger partial charge in [0.2, 0.25) is 5.90 Å². The lowest BCUT2D eigenvalue weighted by molar-refractivity contribution is 0.292. The molecule has 5 aromatic carbocycles. The summed E-state index contributed by atoms with van der Waals surface area (Å²) >= 11 is 0. The van der Waals surface area contributed by atoms with Crippen molar-refractivity contribution >= 4 is 51.3 Å². The molecule has 0 aromatic heterocycles. The lowest BCUT2D eigenvalue weighted by Crippen LogP contribution is -2.26. The molecule has 5 aromatic rings. The van der Waals surface area contributed by atoms with Crippen LogP contribution in [0.3, 0.4) is 0 Å². The number of rotatable bonds is 5. The van der Waals surface area contributed by atoms with Gasteiger partial charge in [0.15, 0.2) is 0 Å². The number of aliphatic imine (C=N–C) groups is 1. The monoisotopic (exact) mass is 473 g/mol. The molecule has 1 aliphatic rings. The van der Waals surface area contributed by atoms with E-state index in [2.05, 4.69) is 123 Å². The number of nitrogens with zero attached hydrogens (tertiary/aromatic N) is 1. The smallest absolute Gasteiger partial charge is 0.217 e. The summed E-state index contributed by atoms with van der Waals surface area (Å²) < 4.78 is 6.21. The molecule has 0 bridgehead atoms. The van der Waals surface area contributed by atoms with E-state index >= 15 is 0 Å². The summed E-state index contributed by atoms with van der Waals surface area (Å²) in [5.41, 5.74) is 1.11. The highest BCUT2D eigenvalue weighted by atomic mass is 31.1. The summed E-state index contributed by atoms with van der Waals surface area (Å²) in [6.07, 6.45) is 0. The van der Waals surface area contributed by atoms with Crippen molar-refractivity contribution in [1.82, 2.24) is 0 Å². The van der Waals surface area contributed by atoms with Crippen LogP contribution in [0.4, 0.5) is 0 Å². The molecule has 35 heavy (non-hydrogen) atoms. The molecule has 0 saturated heterocycles. The zero-order valence-corrected chi connectivity index (χ0v) is 21.0. The fraction of sp³-hybridized carbons (Fsp3) is 0.156. The van der Waals surface area contributed by atoms with Crippen LogP contribution in [0.15, 0.2) is 114 Å². The molecule has 1 atom stereocenters. The van der Waals surface area contributed by atoms with Gasteiger partial charge in [-0.25, -0.2) is 4.99 Å². The van der Waals surface area contributed by atoms with Crippen molar-refractivity contribution < 1.29 is 4.74 Å². The highest BCUT2D eigenvalue weighted by molar-refractivity contribution is 7.80. The van der Waals surface area contributed by atoms with Gasteiger partial charge in [0.05, 0.1) is 6.04 Å². The van der Waals surface area contributed by atoms with Crippen LogP contribution >= 0.6 is 7.92 Å². The molecule has 6 rings (SSSR count). The standard InChI is InChI=1S/C32H28NOP/c1-22(2)28-21-34-32(33-28)27-17-7-8-18-31(27)35(29-19-9-13-23-11-3-5-15-25(23)29)30-20-10-14-24-12-4-6-16-26(24)30/h3-20,22,28H,21H2,1-2H3/t28-/m1/s1. The molecule has 0 spiro atoms. The van der Waals surface area contributed by atoms with Crippen LogP contribution in [0.2, 0.25) is 0 Å². The van der Waals surface area contributed by atoms with Gasteiger partial charge >= 0.3 is 0 Å². The summed E-state index contributed by atoms with van der Waals surface area (Å²) in [5, 5.41) is 9.16. The summed E-state index contributed by atoms with van der Waals surface area (Å²) in [5.74, 6) is 1.24. The minimum Gasteiger partial charge on any atom is -0.475 e. The second-order valence-corrected chi connectivity index (χ2v) is 11.5. The third-order valence-electron chi connectivity index (χ3n) is 6.83. The van der Waals surface area contributed by atoms with Gasteiger partial charge in [0, 0.05) is 5.56 Å². The molecule has 1 heterocycles. The quantitative estimate of drug-likeness (QED) is 0.265. The molecule has 0 amide bonds. The van der Waals surface area contributed by atoms with Crippen LogP contribution in [0.5, 0.6) is 0 Å². The first kappa shape index (κ1) is 22.0. The van der Waals surface area contributed by atoms with E-state index in [1.54, 1.807) is 0 Å². The Hall–Kier alpha value is -3.48. The Kier molecular flexibility index (Phi) is 5.84. The van der Waals surface area contributed by atoms with Crippen molar-refractivity contribution in [3.63, 3.8) is 0 Å². The molecule has 0 fully saturated rings. The second-order valence-electron chi connectivity index (χ2n) is 9.41. The highest BCUT2D eigenvalue weighted by Crippen LogP contribution is 2.39. The predicted octanol–water partition coefficient (Wildman–Crippen LogP) is 6.55. The Bertz CT molecular complexity index is 1460. The summed E-state index contributed by atoms with van der Waals surface area (Å²) in [7, 11) is -0.873. The van der Waals surface area contributed by atoms with E-state index < -0.39 is 7.92 Å². The van der Waals surface area contributed by atoms with E-state index in [0.29, 0.717) is 12.5 Å². The van der Waals surface area contributed by atoms with Gasteiger partial charge in [-0.3, -0.25) is 0 Å². The number of benzene rings is 5. The Balaban J connectivity index is 1.64. The Morgan fingerprint density at radius 2 is 1.17 bits per heavy atom. The van der Waals surface area contributed by atoms with Gasteiger partial charge in [0.1, 0.15) is 6.61 Å². The van der Waals surface area contributed by atoms with E-state index in [1.807, 2.05) is 0 Å². The van der Waals surface area contributed by atoms with E-state index in [9.17, 15) is 0 Å². The van der Waals surface area contributed by atoms with Gasteiger partial charge < -0.3 is 4.74 Å². The van der Waals surface area contributed by atoms with Crippen LogP contribution in [0.25, 0.3) is 21.5 Å². The van der Waals surface area contributed by atoms with Crippen molar-refractivity contribution in [3.8, 4) is 0 Å². The first-order chi connectivity index (χ1) is 17.2. The first-order valence-electron chi connectivity index (χ1n) is 12.3. The first-order valence-corrected chi connectivity index (χ1v) is 13.6. The van der Waals surface area contributed by atoms with Crippen molar-refractivity contribution in [2.45, 2.75) is 19.9 Å². The molecule has 0 radical (unpaired) electrons. The predicted molar refractivity (Wildman–Crippen MR) is 151 cm³/mol. The lowest BCUT2D eigenvalue weighted by atomic mass is 10.1. The van der Waals surface area contributed by atoms with E-state index in [1.165, 1.54) is 37.5 Å². The number of hydrogen-bond donors (Lipinski definition) is 0. The Morgan fingerprint density at radius 1 is 0.657 bits per heavy atom. The molecule has 1 aliphatic heterocycles. The molecule has 3 heteroatoms. The molecule has 0 saturated carbocycles. The van der Waals surface area contributed by atoms with Crippen molar-refractivity contribution in [2.24, 2.45) is 10.9 Å². The maximum Gasteiger partial charge on any atom is 0.217 e. The number of ether oxygens (including phenoxy) is 1. The van der Waals surface area contributed by atoms with Crippen LogP contribution < -0.4 is 15.9 Å². The third-order valence-corrected chi connectivity index (χ3v) is 9.45. The maximum atomic E-state index is 6.21. The molecular weight excluding hydrogens is 445 g/mol. The zero-order chi connectivity index (χ0) is 23.8. The van der Waals surface area contributed by atoms with Gasteiger partial charge in [-0.2, -0.15) is 0 Å². The fourth-order valence-electron chi connectivity index (χ4n) is 4.92. The average molecular weight is 474 g/mol. The van der Waals surface area contributed by atoms with Crippen LogP contribution in [0, 0.1) is 5.92 Å². The van der Waals surface area contributed by atoms with Crippen LogP contribution in [-0.4, -0.2) is 18.5 Å². The molecule has 0 aliphatic carbocycles. The highest BCUT2D eigenvalue weighted by Gasteiger charge is 2.28. The SMILES string of the molecule is CC(C)[C@H]1COC(c2ccccc2P(c2cccc3ccccc23)c2cccc3ccccc23)=N1. The fourth-order valence-corrected chi connectivity index (χ4v) is 7.71. The van der Waals surface area contributed by atoms with E-state index in [4.69, 9.17) is 9.73 Å². The summed E-state index contributed by atoms with van der Waals surface area (Å²) in [4.78, 5) is 5.02. The van der Waals surface area contributed by atoms with Crippen LogP contribution in [0.1, 0.15) is 19.4 Å². The summed E-state index contributed by atoms with van der Waals surface area (Å²) in [6.45, 7) is 5.08. The molecule has 172 valence electrons. The topological polar surface area (TPSA) is 21.6 Å². The van der Waals surface area contributed by atoms with Gasteiger partial charge in [-0.1, -0.05) is 117 Å². The normalized spacial score (nSPS) is 15.7. The van der Waals surface area contributed by atoms with E-state index in [0.717, 1.165) is 11.5 Å². The van der Waals surface area contributed by atoms with Gasteiger partial charge in [-0.15, -0.1) is 0 Å². The second kappa shape index (κ2) is 9.29. The van der Waals surface area contributed by atoms with Crippen molar-refractivity contribution in [2.75, 3.05) is 6.61 Å². The molecule has 2 nitrogen and oxygen atoms in total. The van der Waals surface area contributed by atoms with Gasteiger partial charge in [0.25, 0.3) is 0 Å². The Morgan fingerprint density at radius 3 is 1.77 bits per heavy atom. The average Bonchev–Trinajstić information content (AvgIpc) is 3.40. The summed E-state index contributed by atoms with van der Waals surface area (Å²) in [6, 6.07) is 39.8. The molecule has 0 unspecified atom stereocenters.